The van der Waals surface area contributed by atoms with Crippen molar-refractivity contribution < 1.29 is 9.53 Å². The van der Waals surface area contributed by atoms with Gasteiger partial charge in [0.1, 0.15) is 0 Å². The molecule has 1 aromatic carbocycles. The number of rotatable bonds is 6. The molecule has 1 aliphatic heterocycles. The Morgan fingerprint density at radius 1 is 1.18 bits per heavy atom. The van der Waals surface area contributed by atoms with Crippen molar-refractivity contribution in [2.45, 2.75) is 13.0 Å². The van der Waals surface area contributed by atoms with Crippen molar-refractivity contribution in [1.29, 1.82) is 0 Å². The van der Waals surface area contributed by atoms with E-state index >= 15 is 0 Å². The molecule has 1 atom stereocenters. The summed E-state index contributed by atoms with van der Waals surface area (Å²) in [6.07, 6.45) is 3.99. The first-order valence-electron chi connectivity index (χ1n) is 9.60. The Bertz CT molecular complexity index is 900. The molecule has 6 heteroatoms. The summed E-state index contributed by atoms with van der Waals surface area (Å²) in [7, 11) is 0. The maximum absolute atomic E-state index is 12.9. The lowest BCUT2D eigenvalue weighted by Crippen LogP contribution is -2.43. The molecule has 146 valence electrons. The zero-order valence-electron chi connectivity index (χ0n) is 16.0. The van der Waals surface area contributed by atoms with Gasteiger partial charge >= 0.3 is 0 Å². The summed E-state index contributed by atoms with van der Waals surface area (Å²) in [5.74, 6) is -0.0387. The minimum atomic E-state index is -0.0387. The van der Waals surface area contributed by atoms with Crippen LogP contribution in [0.5, 0.6) is 0 Å². The van der Waals surface area contributed by atoms with E-state index in [2.05, 4.69) is 34.7 Å². The van der Waals surface area contributed by atoms with Crippen LogP contribution >= 0.6 is 11.3 Å². The zero-order chi connectivity index (χ0) is 19.3. The maximum Gasteiger partial charge on any atom is 0.251 e. The smallest absolute Gasteiger partial charge is 0.251 e. The lowest BCUT2D eigenvalue weighted by atomic mass is 10.1. The Labute approximate surface area is 169 Å². The lowest BCUT2D eigenvalue weighted by molar-refractivity contribution is 0.0169. The van der Waals surface area contributed by atoms with E-state index in [-0.39, 0.29) is 11.9 Å². The second kappa shape index (κ2) is 8.73. The number of aromatic nitrogens is 1. The average molecular weight is 396 g/mol. The number of aryl methyl sites for hydroxylation is 1. The summed E-state index contributed by atoms with van der Waals surface area (Å²) in [4.78, 5) is 16.6. The monoisotopic (exact) mass is 395 g/mol. The Kier molecular flexibility index (Phi) is 5.90. The van der Waals surface area contributed by atoms with Gasteiger partial charge in [0, 0.05) is 48.2 Å². The van der Waals surface area contributed by atoms with Gasteiger partial charge < -0.3 is 14.6 Å². The number of hydrogen-bond donors (Lipinski definition) is 1. The molecular weight excluding hydrogens is 370 g/mol. The third-order valence-corrected chi connectivity index (χ3v) is 6.14. The van der Waals surface area contributed by atoms with Crippen molar-refractivity contribution >= 4 is 17.2 Å². The third kappa shape index (κ3) is 4.19. The fourth-order valence-electron chi connectivity index (χ4n) is 3.60. The van der Waals surface area contributed by atoms with E-state index in [1.54, 1.807) is 11.3 Å². The van der Waals surface area contributed by atoms with E-state index in [1.165, 1.54) is 4.88 Å². The number of benzene rings is 1. The normalized spacial score (nSPS) is 16.0. The molecule has 0 spiro atoms. The molecule has 1 fully saturated rings. The summed E-state index contributed by atoms with van der Waals surface area (Å²) in [5.41, 5.74) is 2.85. The van der Waals surface area contributed by atoms with Crippen molar-refractivity contribution in [3.63, 3.8) is 0 Å². The highest BCUT2D eigenvalue weighted by atomic mass is 32.1. The van der Waals surface area contributed by atoms with E-state index in [0.717, 1.165) is 37.6 Å². The molecule has 1 unspecified atom stereocenters. The van der Waals surface area contributed by atoms with Gasteiger partial charge in [-0.3, -0.25) is 9.69 Å². The van der Waals surface area contributed by atoms with Crippen LogP contribution < -0.4 is 5.32 Å². The number of hydrogen-bond acceptors (Lipinski definition) is 4. The fourth-order valence-corrected chi connectivity index (χ4v) is 4.46. The van der Waals surface area contributed by atoms with Gasteiger partial charge in [0.05, 0.1) is 19.3 Å². The van der Waals surface area contributed by atoms with Crippen LogP contribution in [0.1, 0.15) is 26.8 Å². The topological polar surface area (TPSA) is 46.5 Å². The third-order valence-electron chi connectivity index (χ3n) is 5.17. The molecule has 1 saturated heterocycles. The van der Waals surface area contributed by atoms with Gasteiger partial charge in [-0.25, -0.2) is 0 Å². The SMILES string of the molecule is Cc1ccc(C(=O)NCC(c2cccs2)N2CCOCC2)cc1-n1cccc1. The molecule has 0 saturated carbocycles. The number of nitrogens with one attached hydrogen (secondary N) is 1. The highest BCUT2D eigenvalue weighted by Crippen LogP contribution is 2.25. The Hall–Kier alpha value is -2.41. The van der Waals surface area contributed by atoms with Crippen LogP contribution in [-0.4, -0.2) is 48.2 Å². The van der Waals surface area contributed by atoms with Gasteiger partial charge in [-0.05, 0) is 48.2 Å². The molecule has 1 N–H and O–H groups in total. The van der Waals surface area contributed by atoms with Crippen LogP contribution in [-0.2, 0) is 4.74 Å². The van der Waals surface area contributed by atoms with Gasteiger partial charge in [-0.1, -0.05) is 12.1 Å². The number of carbonyl (C=O) groups excluding carboxylic acids is 1. The molecular formula is C22H25N3O2S. The summed E-state index contributed by atoms with van der Waals surface area (Å²) >= 11 is 1.74. The average Bonchev–Trinajstić information content (AvgIpc) is 3.44. The highest BCUT2D eigenvalue weighted by molar-refractivity contribution is 7.10. The van der Waals surface area contributed by atoms with E-state index in [9.17, 15) is 4.79 Å². The van der Waals surface area contributed by atoms with Gasteiger partial charge in [0.15, 0.2) is 0 Å². The zero-order valence-corrected chi connectivity index (χ0v) is 16.8. The van der Waals surface area contributed by atoms with Crippen molar-refractivity contribution in [3.05, 3.63) is 76.2 Å². The molecule has 0 radical (unpaired) electrons. The minimum Gasteiger partial charge on any atom is -0.379 e. The molecule has 0 aliphatic carbocycles. The first-order chi connectivity index (χ1) is 13.7. The second-order valence-corrected chi connectivity index (χ2v) is 7.96. The van der Waals surface area contributed by atoms with Crippen LogP contribution in [0, 0.1) is 6.92 Å². The van der Waals surface area contributed by atoms with Crippen LogP contribution in [0.3, 0.4) is 0 Å². The molecule has 3 heterocycles. The molecule has 0 bridgehead atoms. The largest absolute Gasteiger partial charge is 0.379 e. The minimum absolute atomic E-state index is 0.0387. The van der Waals surface area contributed by atoms with Crippen LogP contribution in [0.2, 0.25) is 0 Å². The van der Waals surface area contributed by atoms with E-state index in [4.69, 9.17) is 4.74 Å². The van der Waals surface area contributed by atoms with Gasteiger partial charge in [0.2, 0.25) is 0 Å². The molecule has 5 nitrogen and oxygen atoms in total. The van der Waals surface area contributed by atoms with Crippen molar-refractivity contribution in [2.75, 3.05) is 32.8 Å². The number of carbonyl (C=O) groups is 1. The molecule has 2 aromatic heterocycles. The van der Waals surface area contributed by atoms with E-state index in [1.807, 2.05) is 47.3 Å². The first-order valence-corrected chi connectivity index (χ1v) is 10.5. The first kappa shape index (κ1) is 18.9. The predicted molar refractivity (Wildman–Crippen MR) is 112 cm³/mol. The van der Waals surface area contributed by atoms with Gasteiger partial charge in [-0.15, -0.1) is 11.3 Å². The Balaban J connectivity index is 1.49. The molecule has 28 heavy (non-hydrogen) atoms. The van der Waals surface area contributed by atoms with Gasteiger partial charge in [0.25, 0.3) is 5.91 Å². The van der Waals surface area contributed by atoms with Crippen LogP contribution in [0.25, 0.3) is 5.69 Å². The van der Waals surface area contributed by atoms with Gasteiger partial charge in [-0.2, -0.15) is 0 Å². The van der Waals surface area contributed by atoms with Crippen molar-refractivity contribution in [2.24, 2.45) is 0 Å². The number of amides is 1. The quantitative estimate of drug-likeness (QED) is 0.693. The molecule has 3 aromatic rings. The Morgan fingerprint density at radius 3 is 2.68 bits per heavy atom. The number of nitrogens with zero attached hydrogens (tertiary/aromatic N) is 2. The molecule has 1 aliphatic rings. The fraction of sp³-hybridized carbons (Fsp3) is 0.318. The summed E-state index contributed by atoms with van der Waals surface area (Å²) in [6.45, 7) is 5.91. The summed E-state index contributed by atoms with van der Waals surface area (Å²) < 4.78 is 7.53. The molecule has 1 amide bonds. The van der Waals surface area contributed by atoms with E-state index in [0.29, 0.717) is 12.1 Å². The Morgan fingerprint density at radius 2 is 1.96 bits per heavy atom. The van der Waals surface area contributed by atoms with Crippen molar-refractivity contribution in [3.8, 4) is 5.69 Å². The predicted octanol–water partition coefficient (Wildman–Crippen LogP) is 3.65. The lowest BCUT2D eigenvalue weighted by Gasteiger charge is -2.34. The maximum atomic E-state index is 12.9. The van der Waals surface area contributed by atoms with Crippen LogP contribution in [0.15, 0.2) is 60.2 Å². The molecule has 4 rings (SSSR count). The standard InChI is InChI=1S/C22H25N3O2S/c1-17-6-7-18(15-19(17)24-8-2-3-9-24)22(26)23-16-20(21-5-4-14-28-21)25-10-12-27-13-11-25/h2-9,14-15,20H,10-13,16H2,1H3,(H,23,26). The van der Waals surface area contributed by atoms with Crippen molar-refractivity contribution in [1.82, 2.24) is 14.8 Å². The highest BCUT2D eigenvalue weighted by Gasteiger charge is 2.24. The number of morpholine rings is 1. The second-order valence-electron chi connectivity index (χ2n) is 6.98. The van der Waals surface area contributed by atoms with E-state index < -0.39 is 0 Å². The summed E-state index contributed by atoms with van der Waals surface area (Å²) in [6, 6.07) is 14.2. The van der Waals surface area contributed by atoms with Crippen LogP contribution in [0.4, 0.5) is 0 Å². The number of thiophene rings is 1. The summed E-state index contributed by atoms with van der Waals surface area (Å²) in [5, 5.41) is 5.24. The number of ether oxygens (including phenoxy) is 1.